The predicted molar refractivity (Wildman–Crippen MR) is 86.1 cm³/mol. The molecule has 1 aromatic carbocycles. The standard InChI is InChI=1S/C17H14F3N3O3/c1-9-13(10-4-6-11(25-2)7-5-10)22-15-12(16(24)26-3)8-21-23(15)14(9)17(18,19)20/h4-8H,1-3H3. The van der Waals surface area contributed by atoms with Crippen LogP contribution >= 0.6 is 0 Å². The number of nitrogens with zero attached hydrogens (tertiary/aromatic N) is 3. The first-order valence-electron chi connectivity index (χ1n) is 7.46. The van der Waals surface area contributed by atoms with Gasteiger partial charge in [-0.05, 0) is 31.2 Å². The van der Waals surface area contributed by atoms with Crippen molar-refractivity contribution in [1.29, 1.82) is 0 Å². The number of fused-ring (bicyclic) bond motifs is 1. The Labute approximate surface area is 146 Å². The molecule has 9 heteroatoms. The van der Waals surface area contributed by atoms with Crippen LogP contribution in [0, 0.1) is 6.92 Å². The smallest absolute Gasteiger partial charge is 0.433 e. The Morgan fingerprint density at radius 1 is 1.15 bits per heavy atom. The number of alkyl halides is 3. The summed E-state index contributed by atoms with van der Waals surface area (Å²) in [5, 5.41) is 3.69. The Hall–Kier alpha value is -3.10. The first-order chi connectivity index (χ1) is 12.3. The normalized spacial score (nSPS) is 11.6. The SMILES string of the molecule is COC(=O)c1cnn2c(C(F)(F)F)c(C)c(-c3ccc(OC)cc3)nc12. The van der Waals surface area contributed by atoms with Crippen LogP contribution in [0.2, 0.25) is 0 Å². The molecule has 0 spiro atoms. The summed E-state index contributed by atoms with van der Waals surface area (Å²) in [6, 6.07) is 6.43. The molecule has 3 aromatic rings. The third kappa shape index (κ3) is 2.85. The number of carbonyl (C=O) groups is 1. The summed E-state index contributed by atoms with van der Waals surface area (Å²) in [6.45, 7) is 1.31. The van der Waals surface area contributed by atoms with E-state index in [0.717, 1.165) is 13.3 Å². The molecule has 0 N–H and O–H groups in total. The second kappa shape index (κ2) is 6.32. The monoisotopic (exact) mass is 365 g/mol. The van der Waals surface area contributed by atoms with Gasteiger partial charge in [-0.3, -0.25) is 0 Å². The molecule has 0 unspecified atom stereocenters. The zero-order valence-corrected chi connectivity index (χ0v) is 14.1. The quantitative estimate of drug-likeness (QED) is 0.665. The Morgan fingerprint density at radius 3 is 2.35 bits per heavy atom. The second-order valence-corrected chi connectivity index (χ2v) is 5.45. The van der Waals surface area contributed by atoms with E-state index in [2.05, 4.69) is 14.8 Å². The molecular weight excluding hydrogens is 351 g/mol. The molecule has 136 valence electrons. The zero-order valence-electron chi connectivity index (χ0n) is 14.1. The van der Waals surface area contributed by atoms with Gasteiger partial charge in [0.05, 0.1) is 26.1 Å². The average Bonchev–Trinajstić information content (AvgIpc) is 3.02. The van der Waals surface area contributed by atoms with E-state index in [-0.39, 0.29) is 22.5 Å². The van der Waals surface area contributed by atoms with Crippen molar-refractivity contribution >= 4 is 11.6 Å². The van der Waals surface area contributed by atoms with Gasteiger partial charge in [-0.2, -0.15) is 18.3 Å². The number of aromatic nitrogens is 3. The van der Waals surface area contributed by atoms with E-state index < -0.39 is 17.8 Å². The van der Waals surface area contributed by atoms with Gasteiger partial charge in [0.25, 0.3) is 0 Å². The topological polar surface area (TPSA) is 65.7 Å². The molecule has 2 aromatic heterocycles. The third-order valence-electron chi connectivity index (χ3n) is 3.92. The van der Waals surface area contributed by atoms with Crippen molar-refractivity contribution in [3.8, 4) is 17.0 Å². The van der Waals surface area contributed by atoms with Crippen LogP contribution in [0.1, 0.15) is 21.6 Å². The molecule has 0 aliphatic carbocycles. The molecule has 0 bridgehead atoms. The summed E-state index contributed by atoms with van der Waals surface area (Å²) in [7, 11) is 2.62. The summed E-state index contributed by atoms with van der Waals surface area (Å²) in [4.78, 5) is 16.1. The van der Waals surface area contributed by atoms with Gasteiger partial charge in [-0.1, -0.05) is 0 Å². The fourth-order valence-corrected chi connectivity index (χ4v) is 2.69. The van der Waals surface area contributed by atoms with E-state index in [1.807, 2.05) is 0 Å². The lowest BCUT2D eigenvalue weighted by Crippen LogP contribution is -2.17. The predicted octanol–water partition coefficient (Wildman–Crippen LogP) is 3.52. The molecule has 0 amide bonds. The van der Waals surface area contributed by atoms with Gasteiger partial charge in [-0.25, -0.2) is 14.3 Å². The Bertz CT molecular complexity index is 979. The van der Waals surface area contributed by atoms with Crippen LogP contribution in [0.4, 0.5) is 13.2 Å². The number of hydrogen-bond donors (Lipinski definition) is 0. The van der Waals surface area contributed by atoms with E-state index in [1.165, 1.54) is 14.0 Å². The highest BCUT2D eigenvalue weighted by molar-refractivity contribution is 5.96. The highest BCUT2D eigenvalue weighted by Crippen LogP contribution is 2.36. The van der Waals surface area contributed by atoms with Crippen LogP contribution in [0.15, 0.2) is 30.5 Å². The van der Waals surface area contributed by atoms with Gasteiger partial charge in [0.1, 0.15) is 11.3 Å². The molecule has 0 saturated carbocycles. The zero-order chi connectivity index (χ0) is 19.1. The van der Waals surface area contributed by atoms with Crippen molar-refractivity contribution in [3.63, 3.8) is 0 Å². The van der Waals surface area contributed by atoms with E-state index in [4.69, 9.17) is 4.74 Å². The molecule has 6 nitrogen and oxygen atoms in total. The largest absolute Gasteiger partial charge is 0.497 e. The van der Waals surface area contributed by atoms with E-state index >= 15 is 0 Å². The van der Waals surface area contributed by atoms with Gasteiger partial charge >= 0.3 is 12.1 Å². The van der Waals surface area contributed by atoms with Crippen LogP contribution in [-0.4, -0.2) is 34.8 Å². The fourth-order valence-electron chi connectivity index (χ4n) is 2.69. The van der Waals surface area contributed by atoms with Crippen LogP contribution in [0.3, 0.4) is 0 Å². The van der Waals surface area contributed by atoms with Gasteiger partial charge < -0.3 is 9.47 Å². The fraction of sp³-hybridized carbons (Fsp3) is 0.235. The first-order valence-corrected chi connectivity index (χ1v) is 7.46. The van der Waals surface area contributed by atoms with Crippen molar-refractivity contribution in [1.82, 2.24) is 14.6 Å². The lowest BCUT2D eigenvalue weighted by Gasteiger charge is -2.16. The van der Waals surface area contributed by atoms with E-state index in [0.29, 0.717) is 15.8 Å². The van der Waals surface area contributed by atoms with Crippen LogP contribution in [-0.2, 0) is 10.9 Å². The summed E-state index contributed by atoms with van der Waals surface area (Å²) >= 11 is 0. The lowest BCUT2D eigenvalue weighted by molar-refractivity contribution is -0.143. The van der Waals surface area contributed by atoms with E-state index in [9.17, 15) is 18.0 Å². The van der Waals surface area contributed by atoms with Crippen molar-refractivity contribution in [2.24, 2.45) is 0 Å². The highest BCUT2D eigenvalue weighted by atomic mass is 19.4. The molecule has 2 heterocycles. The Kier molecular flexibility index (Phi) is 4.31. The maximum atomic E-state index is 13.7. The first kappa shape index (κ1) is 17.7. The number of esters is 1. The molecule has 3 rings (SSSR count). The number of rotatable bonds is 3. The van der Waals surface area contributed by atoms with Crippen LogP contribution in [0.5, 0.6) is 5.75 Å². The Morgan fingerprint density at radius 2 is 1.81 bits per heavy atom. The van der Waals surface area contributed by atoms with Gasteiger partial charge in [0, 0.05) is 11.1 Å². The summed E-state index contributed by atoms with van der Waals surface area (Å²) < 4.78 is 51.3. The van der Waals surface area contributed by atoms with Gasteiger partial charge in [-0.15, -0.1) is 0 Å². The number of methoxy groups -OCH3 is 2. The minimum atomic E-state index is -4.69. The number of benzene rings is 1. The average molecular weight is 365 g/mol. The molecule has 0 atom stereocenters. The molecule has 0 fully saturated rings. The minimum Gasteiger partial charge on any atom is -0.497 e. The van der Waals surface area contributed by atoms with Gasteiger partial charge in [0.2, 0.25) is 0 Å². The highest BCUT2D eigenvalue weighted by Gasteiger charge is 2.38. The molecule has 0 saturated heterocycles. The number of carbonyl (C=O) groups excluding carboxylic acids is 1. The van der Waals surface area contributed by atoms with Crippen molar-refractivity contribution in [2.45, 2.75) is 13.1 Å². The summed E-state index contributed by atoms with van der Waals surface area (Å²) in [6.07, 6.45) is -3.67. The van der Waals surface area contributed by atoms with E-state index in [1.54, 1.807) is 24.3 Å². The van der Waals surface area contributed by atoms with Gasteiger partial charge in [0.15, 0.2) is 11.3 Å². The van der Waals surface area contributed by atoms with Crippen LogP contribution in [0.25, 0.3) is 16.9 Å². The summed E-state index contributed by atoms with van der Waals surface area (Å²) in [5.74, 6) is -0.256. The lowest BCUT2D eigenvalue weighted by atomic mass is 10.0. The molecular formula is C17H14F3N3O3. The maximum Gasteiger partial charge on any atom is 0.433 e. The van der Waals surface area contributed by atoms with Crippen molar-refractivity contribution < 1.29 is 27.4 Å². The molecule has 0 aliphatic heterocycles. The number of halogens is 3. The summed E-state index contributed by atoms with van der Waals surface area (Å²) in [5.41, 5.74) is -0.919. The molecule has 26 heavy (non-hydrogen) atoms. The minimum absolute atomic E-state index is 0.0955. The van der Waals surface area contributed by atoms with Crippen LogP contribution < -0.4 is 4.74 Å². The van der Waals surface area contributed by atoms with Crippen molar-refractivity contribution in [2.75, 3.05) is 14.2 Å². The van der Waals surface area contributed by atoms with Crippen molar-refractivity contribution in [3.05, 3.63) is 47.3 Å². The number of ether oxygens (including phenoxy) is 2. The molecule has 0 aliphatic rings. The second-order valence-electron chi connectivity index (χ2n) is 5.45. The molecule has 0 radical (unpaired) electrons. The third-order valence-corrected chi connectivity index (χ3v) is 3.92. The maximum absolute atomic E-state index is 13.7. The Balaban J connectivity index is 2.35. The number of hydrogen-bond acceptors (Lipinski definition) is 5.